The van der Waals surface area contributed by atoms with Crippen LogP contribution >= 0.6 is 0 Å². The zero-order chi connectivity index (χ0) is 11.5. The Balaban J connectivity index is 3.51. The number of nitrogens with zero attached hydrogens (tertiary/aromatic N) is 1. The topological polar surface area (TPSA) is 68.9 Å². The second-order valence-electron chi connectivity index (χ2n) is 3.32. The van der Waals surface area contributed by atoms with E-state index in [0.29, 0.717) is 19.1 Å². The molecule has 0 aliphatic carbocycles. The van der Waals surface area contributed by atoms with Gasteiger partial charge in [0, 0.05) is 32.9 Å². The number of nitrogens with two attached hydrogens (primary N) is 1. The van der Waals surface area contributed by atoms with Gasteiger partial charge in [0.25, 0.3) is 0 Å². The Bertz CT molecular complexity index is 174. The zero-order valence-electron chi connectivity index (χ0n) is 9.95. The number of methoxy groups -OCH3 is 1. The van der Waals surface area contributed by atoms with E-state index in [0.717, 1.165) is 19.6 Å². The summed E-state index contributed by atoms with van der Waals surface area (Å²) in [5.74, 6) is 0.469. The van der Waals surface area contributed by atoms with Gasteiger partial charge < -0.3 is 20.5 Å². The third-order valence-electron chi connectivity index (χ3n) is 1.74. The molecule has 0 amide bonds. The fourth-order valence-electron chi connectivity index (χ4n) is 1.10. The van der Waals surface area contributed by atoms with E-state index in [9.17, 15) is 0 Å². The Kier molecular flexibility index (Phi) is 9.21. The number of guanidine groups is 1. The molecule has 0 heterocycles. The van der Waals surface area contributed by atoms with E-state index in [4.69, 9.17) is 15.2 Å². The lowest BCUT2D eigenvalue weighted by Crippen LogP contribution is -2.40. The molecule has 5 nitrogen and oxygen atoms in total. The molecule has 0 saturated carbocycles. The van der Waals surface area contributed by atoms with Gasteiger partial charge in [-0.1, -0.05) is 0 Å². The minimum Gasteiger partial charge on any atom is -0.383 e. The van der Waals surface area contributed by atoms with Crippen molar-refractivity contribution in [2.45, 2.75) is 26.3 Å². The number of aliphatic imine (C=N–C) groups is 1. The molecular weight excluding hydrogens is 194 g/mol. The van der Waals surface area contributed by atoms with Crippen LogP contribution in [0.2, 0.25) is 0 Å². The van der Waals surface area contributed by atoms with Gasteiger partial charge in [0.1, 0.15) is 0 Å². The molecule has 0 aromatic heterocycles. The molecule has 3 N–H and O–H groups in total. The van der Waals surface area contributed by atoms with E-state index in [1.165, 1.54) is 0 Å². The minimum atomic E-state index is 0.186. The number of hydrogen-bond acceptors (Lipinski definition) is 3. The number of nitrogens with one attached hydrogen (secondary N) is 1. The highest BCUT2D eigenvalue weighted by atomic mass is 16.5. The van der Waals surface area contributed by atoms with Crippen LogP contribution in [0, 0.1) is 0 Å². The first-order valence-corrected chi connectivity index (χ1v) is 5.33. The Labute approximate surface area is 92.0 Å². The van der Waals surface area contributed by atoms with Gasteiger partial charge >= 0.3 is 0 Å². The van der Waals surface area contributed by atoms with E-state index in [2.05, 4.69) is 10.3 Å². The third kappa shape index (κ3) is 9.49. The summed E-state index contributed by atoms with van der Waals surface area (Å²) in [6.07, 6.45) is 0.898. The summed E-state index contributed by atoms with van der Waals surface area (Å²) in [6, 6.07) is 0.186. The summed E-state index contributed by atoms with van der Waals surface area (Å²) in [5.41, 5.74) is 5.66. The summed E-state index contributed by atoms with van der Waals surface area (Å²) in [6.45, 7) is 6.77. The molecule has 15 heavy (non-hydrogen) atoms. The standard InChI is InChI=1S/C10H23N3O2/c1-4-15-7-5-6-12-10(11)13-9(2)8-14-3/h9H,4-8H2,1-3H3,(H3,11,12,13). The molecule has 1 unspecified atom stereocenters. The fraction of sp³-hybridized carbons (Fsp3) is 0.900. The quantitative estimate of drug-likeness (QED) is 0.350. The van der Waals surface area contributed by atoms with E-state index < -0.39 is 0 Å². The van der Waals surface area contributed by atoms with Crippen LogP contribution < -0.4 is 11.1 Å². The molecule has 0 fully saturated rings. The predicted molar refractivity (Wildman–Crippen MR) is 62.1 cm³/mol. The average Bonchev–Trinajstić information content (AvgIpc) is 2.17. The maximum Gasteiger partial charge on any atom is 0.188 e. The van der Waals surface area contributed by atoms with Crippen molar-refractivity contribution in [1.29, 1.82) is 0 Å². The van der Waals surface area contributed by atoms with Crippen molar-refractivity contribution < 1.29 is 9.47 Å². The number of rotatable bonds is 8. The van der Waals surface area contributed by atoms with E-state index in [1.54, 1.807) is 7.11 Å². The molecule has 0 aromatic carbocycles. The Morgan fingerprint density at radius 1 is 1.53 bits per heavy atom. The highest BCUT2D eigenvalue weighted by Crippen LogP contribution is 1.85. The normalized spacial score (nSPS) is 13.9. The number of hydrogen-bond donors (Lipinski definition) is 2. The van der Waals surface area contributed by atoms with Crippen molar-refractivity contribution in [3.8, 4) is 0 Å². The van der Waals surface area contributed by atoms with Crippen LogP contribution in [-0.4, -0.2) is 45.5 Å². The summed E-state index contributed by atoms with van der Waals surface area (Å²) >= 11 is 0. The minimum absolute atomic E-state index is 0.186. The third-order valence-corrected chi connectivity index (χ3v) is 1.74. The molecule has 90 valence electrons. The largest absolute Gasteiger partial charge is 0.383 e. The lowest BCUT2D eigenvalue weighted by Gasteiger charge is -2.12. The van der Waals surface area contributed by atoms with Crippen LogP contribution in [0.1, 0.15) is 20.3 Å². The Morgan fingerprint density at radius 3 is 2.87 bits per heavy atom. The summed E-state index contributed by atoms with van der Waals surface area (Å²) < 4.78 is 10.2. The van der Waals surface area contributed by atoms with E-state index >= 15 is 0 Å². The summed E-state index contributed by atoms with van der Waals surface area (Å²) in [7, 11) is 1.66. The van der Waals surface area contributed by atoms with Gasteiger partial charge in [-0.15, -0.1) is 0 Å². The first kappa shape index (κ1) is 14.2. The number of ether oxygens (including phenoxy) is 2. The lowest BCUT2D eigenvalue weighted by molar-refractivity contribution is 0.146. The molecule has 0 aliphatic rings. The van der Waals surface area contributed by atoms with Crippen LogP contribution in [0.15, 0.2) is 4.99 Å². The van der Waals surface area contributed by atoms with Crippen molar-refractivity contribution >= 4 is 5.96 Å². The van der Waals surface area contributed by atoms with Crippen LogP contribution in [0.3, 0.4) is 0 Å². The highest BCUT2D eigenvalue weighted by molar-refractivity contribution is 5.78. The van der Waals surface area contributed by atoms with Crippen LogP contribution in [0.5, 0.6) is 0 Å². The van der Waals surface area contributed by atoms with Gasteiger partial charge in [0.05, 0.1) is 6.61 Å². The van der Waals surface area contributed by atoms with Gasteiger partial charge in [0.15, 0.2) is 5.96 Å². The van der Waals surface area contributed by atoms with Gasteiger partial charge in [-0.25, -0.2) is 0 Å². The first-order valence-electron chi connectivity index (χ1n) is 5.33. The van der Waals surface area contributed by atoms with Crippen LogP contribution in [0.25, 0.3) is 0 Å². The zero-order valence-corrected chi connectivity index (χ0v) is 9.95. The second kappa shape index (κ2) is 9.73. The van der Waals surface area contributed by atoms with Crippen LogP contribution in [0.4, 0.5) is 0 Å². The molecule has 0 aliphatic heterocycles. The first-order chi connectivity index (χ1) is 7.20. The average molecular weight is 217 g/mol. The predicted octanol–water partition coefficient (Wildman–Crippen LogP) is 0.352. The second-order valence-corrected chi connectivity index (χ2v) is 3.32. The maximum absolute atomic E-state index is 5.66. The highest BCUT2D eigenvalue weighted by Gasteiger charge is 2.00. The SMILES string of the molecule is CCOCCCN=C(N)NC(C)COC. The molecule has 5 heteroatoms. The molecule has 0 rings (SSSR count). The summed E-state index contributed by atoms with van der Waals surface area (Å²) in [5, 5.41) is 3.03. The van der Waals surface area contributed by atoms with Crippen molar-refractivity contribution in [2.75, 3.05) is 33.5 Å². The van der Waals surface area contributed by atoms with Crippen molar-refractivity contribution in [2.24, 2.45) is 10.7 Å². The van der Waals surface area contributed by atoms with Crippen molar-refractivity contribution in [3.63, 3.8) is 0 Å². The van der Waals surface area contributed by atoms with Gasteiger partial charge in [0.2, 0.25) is 0 Å². The molecule has 0 bridgehead atoms. The van der Waals surface area contributed by atoms with Gasteiger partial charge in [-0.2, -0.15) is 0 Å². The monoisotopic (exact) mass is 217 g/mol. The smallest absolute Gasteiger partial charge is 0.188 e. The van der Waals surface area contributed by atoms with Crippen molar-refractivity contribution in [1.82, 2.24) is 5.32 Å². The van der Waals surface area contributed by atoms with Gasteiger partial charge in [-0.3, -0.25) is 4.99 Å². The van der Waals surface area contributed by atoms with E-state index in [1.807, 2.05) is 13.8 Å². The maximum atomic E-state index is 5.66. The molecule has 0 saturated heterocycles. The molecule has 0 aromatic rings. The molecule has 1 atom stereocenters. The molecule has 0 radical (unpaired) electrons. The van der Waals surface area contributed by atoms with E-state index in [-0.39, 0.29) is 6.04 Å². The van der Waals surface area contributed by atoms with Crippen molar-refractivity contribution in [3.05, 3.63) is 0 Å². The Hall–Kier alpha value is -0.810. The lowest BCUT2D eigenvalue weighted by atomic mass is 10.4. The molecular formula is C10H23N3O2. The Morgan fingerprint density at radius 2 is 2.27 bits per heavy atom. The molecule has 0 spiro atoms. The van der Waals surface area contributed by atoms with Crippen LogP contribution in [-0.2, 0) is 9.47 Å². The van der Waals surface area contributed by atoms with Gasteiger partial charge in [-0.05, 0) is 20.3 Å². The summed E-state index contributed by atoms with van der Waals surface area (Å²) in [4.78, 5) is 4.17. The fourth-order valence-corrected chi connectivity index (χ4v) is 1.10.